The summed E-state index contributed by atoms with van der Waals surface area (Å²) in [4.78, 5) is 12.5. The lowest BCUT2D eigenvalue weighted by Crippen LogP contribution is -2.56. The van der Waals surface area contributed by atoms with Crippen LogP contribution in [0, 0.1) is 0 Å². The van der Waals surface area contributed by atoms with Gasteiger partial charge in [0.1, 0.15) is 11.9 Å². The number of methoxy groups -OCH3 is 1. The van der Waals surface area contributed by atoms with Gasteiger partial charge in [-0.3, -0.25) is 4.79 Å². The fraction of sp³-hybridized carbons (Fsp3) is 0.167. The van der Waals surface area contributed by atoms with Crippen molar-refractivity contribution in [3.05, 3.63) is 84.4 Å². The van der Waals surface area contributed by atoms with Gasteiger partial charge in [0.05, 0.1) is 13.5 Å². The van der Waals surface area contributed by atoms with Crippen LogP contribution in [0.5, 0.6) is 5.75 Å². The molecule has 3 aromatic carbocycles. The third kappa shape index (κ3) is 7.79. The molecule has 1 unspecified atom stereocenters. The number of benzene rings is 3. The van der Waals surface area contributed by atoms with E-state index in [4.69, 9.17) is 51.8 Å². The molecule has 3 rings (SSSR count). The van der Waals surface area contributed by atoms with Gasteiger partial charge >= 0.3 is 0 Å². The summed E-state index contributed by atoms with van der Waals surface area (Å²) in [6, 6.07) is 24.9. The van der Waals surface area contributed by atoms with Crippen LogP contribution < -0.4 is 20.7 Å². The van der Waals surface area contributed by atoms with Crippen LogP contribution >= 0.6 is 47.0 Å². The highest BCUT2D eigenvalue weighted by Gasteiger charge is 2.34. The highest BCUT2D eigenvalue weighted by atomic mass is 35.6. The Bertz CT molecular complexity index is 1070. The second-order valence-electron chi connectivity index (χ2n) is 7.11. The molecular formula is C24H22Cl3N3O2S. The minimum atomic E-state index is -1.83. The maximum absolute atomic E-state index is 12.5. The number of rotatable bonds is 7. The quantitative estimate of drug-likeness (QED) is 0.211. The summed E-state index contributed by atoms with van der Waals surface area (Å²) in [5.41, 5.74) is 3.72. The predicted octanol–water partition coefficient (Wildman–Crippen LogP) is 5.70. The molecule has 0 heterocycles. The maximum Gasteiger partial charge on any atom is 0.228 e. The molecule has 0 radical (unpaired) electrons. The molecule has 3 aromatic rings. The summed E-state index contributed by atoms with van der Waals surface area (Å²) in [5.74, 6) is 0.368. The van der Waals surface area contributed by atoms with E-state index < -0.39 is 9.96 Å². The molecule has 1 atom stereocenters. The first-order valence-corrected chi connectivity index (χ1v) is 11.5. The molecule has 5 nitrogen and oxygen atoms in total. The van der Waals surface area contributed by atoms with Crippen molar-refractivity contribution in [2.45, 2.75) is 16.4 Å². The Morgan fingerprint density at radius 2 is 1.52 bits per heavy atom. The van der Waals surface area contributed by atoms with Crippen molar-refractivity contribution in [2.75, 3.05) is 12.4 Å². The molecule has 0 saturated heterocycles. The normalized spacial score (nSPS) is 11.9. The number of halogens is 3. The van der Waals surface area contributed by atoms with Crippen LogP contribution in [0.25, 0.3) is 11.1 Å². The minimum absolute atomic E-state index is 0.101. The fourth-order valence-electron chi connectivity index (χ4n) is 3.02. The molecule has 172 valence electrons. The van der Waals surface area contributed by atoms with E-state index in [0.717, 1.165) is 22.4 Å². The number of carbonyl (C=O) groups excluding carboxylic acids is 1. The maximum atomic E-state index is 12.5. The van der Waals surface area contributed by atoms with Gasteiger partial charge in [-0.2, -0.15) is 0 Å². The van der Waals surface area contributed by atoms with Crippen LogP contribution in [0.2, 0.25) is 0 Å². The van der Waals surface area contributed by atoms with Crippen LogP contribution in [-0.4, -0.2) is 28.1 Å². The third-order valence-electron chi connectivity index (χ3n) is 4.68. The van der Waals surface area contributed by atoms with E-state index in [0.29, 0.717) is 5.75 Å². The zero-order valence-corrected chi connectivity index (χ0v) is 20.7. The molecule has 0 fully saturated rings. The Morgan fingerprint density at radius 1 is 0.909 bits per heavy atom. The van der Waals surface area contributed by atoms with Crippen LogP contribution in [-0.2, 0) is 11.2 Å². The molecule has 0 aliphatic heterocycles. The first-order valence-electron chi connectivity index (χ1n) is 9.96. The third-order valence-corrected chi connectivity index (χ3v) is 5.56. The first-order chi connectivity index (χ1) is 15.7. The second-order valence-corrected chi connectivity index (χ2v) is 9.89. The van der Waals surface area contributed by atoms with E-state index in [2.05, 4.69) is 16.0 Å². The van der Waals surface area contributed by atoms with Crippen LogP contribution in [0.1, 0.15) is 5.56 Å². The van der Waals surface area contributed by atoms with Crippen molar-refractivity contribution in [1.29, 1.82) is 0 Å². The Morgan fingerprint density at radius 3 is 2.09 bits per heavy atom. The van der Waals surface area contributed by atoms with Gasteiger partial charge in [0.15, 0.2) is 5.11 Å². The summed E-state index contributed by atoms with van der Waals surface area (Å²) in [5, 5.41) is 8.77. The summed E-state index contributed by atoms with van der Waals surface area (Å²) < 4.78 is 3.29. The van der Waals surface area contributed by atoms with E-state index in [9.17, 15) is 4.79 Å². The van der Waals surface area contributed by atoms with E-state index in [1.54, 1.807) is 31.4 Å². The van der Waals surface area contributed by atoms with Crippen molar-refractivity contribution >= 4 is 63.7 Å². The number of amides is 1. The molecule has 3 N–H and O–H groups in total. The fourth-order valence-corrected chi connectivity index (χ4v) is 3.58. The Kier molecular flexibility index (Phi) is 8.80. The van der Waals surface area contributed by atoms with Crippen molar-refractivity contribution < 1.29 is 9.53 Å². The lowest BCUT2D eigenvalue weighted by molar-refractivity contribution is -0.121. The Labute approximate surface area is 213 Å². The van der Waals surface area contributed by atoms with Crippen LogP contribution in [0.4, 0.5) is 5.69 Å². The summed E-state index contributed by atoms with van der Waals surface area (Å²) in [6.45, 7) is 0. The highest BCUT2D eigenvalue weighted by Crippen LogP contribution is 2.29. The monoisotopic (exact) mass is 521 g/mol. The molecule has 33 heavy (non-hydrogen) atoms. The van der Waals surface area contributed by atoms with Gasteiger partial charge in [-0.05, 0) is 53.2 Å². The standard InChI is InChI=1S/C24H22Cl3N3O2S/c1-32-20-13-7-16(8-14-20)15-21(31)29-22(24(25,26)27)30-23(33)28-19-11-9-18(10-12-19)17-5-3-2-4-6-17/h2-14,22H,15H2,1H3,(H,29,31)(H2,28,30,33). The lowest BCUT2D eigenvalue weighted by atomic mass is 10.1. The average molecular weight is 523 g/mol. The van der Waals surface area contributed by atoms with Gasteiger partial charge in [0.25, 0.3) is 0 Å². The molecule has 0 aliphatic rings. The topological polar surface area (TPSA) is 62.4 Å². The summed E-state index contributed by atoms with van der Waals surface area (Å²) in [7, 11) is 1.58. The summed E-state index contributed by atoms with van der Waals surface area (Å²) in [6.07, 6.45) is -0.943. The molecule has 0 spiro atoms. The van der Waals surface area contributed by atoms with Crippen molar-refractivity contribution in [3.8, 4) is 16.9 Å². The SMILES string of the molecule is COc1ccc(CC(=O)NC(NC(=S)Nc2ccc(-c3ccccc3)cc2)C(Cl)(Cl)Cl)cc1. The molecule has 0 aliphatic carbocycles. The zero-order chi connectivity index (χ0) is 23.8. The van der Waals surface area contributed by atoms with E-state index in [-0.39, 0.29) is 17.4 Å². The summed E-state index contributed by atoms with van der Waals surface area (Å²) >= 11 is 23.6. The van der Waals surface area contributed by atoms with Crippen LogP contribution in [0.15, 0.2) is 78.9 Å². The number of hydrogen-bond donors (Lipinski definition) is 3. The van der Waals surface area contributed by atoms with E-state index >= 15 is 0 Å². The molecule has 0 saturated carbocycles. The number of ether oxygens (including phenoxy) is 1. The molecule has 1 amide bonds. The highest BCUT2D eigenvalue weighted by molar-refractivity contribution is 7.80. The minimum Gasteiger partial charge on any atom is -0.497 e. The molecule has 0 bridgehead atoms. The molecule has 9 heteroatoms. The van der Waals surface area contributed by atoms with Crippen LogP contribution in [0.3, 0.4) is 0 Å². The van der Waals surface area contributed by atoms with Gasteiger partial charge in [0, 0.05) is 5.69 Å². The average Bonchev–Trinajstić information content (AvgIpc) is 2.79. The van der Waals surface area contributed by atoms with Gasteiger partial charge in [-0.25, -0.2) is 0 Å². The predicted molar refractivity (Wildman–Crippen MR) is 140 cm³/mol. The lowest BCUT2D eigenvalue weighted by Gasteiger charge is -2.28. The number of alkyl halides is 3. The van der Waals surface area contributed by atoms with Crippen molar-refractivity contribution in [1.82, 2.24) is 10.6 Å². The molecular weight excluding hydrogens is 501 g/mol. The van der Waals surface area contributed by atoms with Gasteiger partial charge in [0.2, 0.25) is 9.70 Å². The molecule has 0 aromatic heterocycles. The first kappa shape index (κ1) is 25.1. The van der Waals surface area contributed by atoms with E-state index in [1.807, 2.05) is 54.6 Å². The Hall–Kier alpha value is -2.51. The Balaban J connectivity index is 1.59. The van der Waals surface area contributed by atoms with E-state index in [1.165, 1.54) is 0 Å². The van der Waals surface area contributed by atoms with Gasteiger partial charge in [-0.15, -0.1) is 0 Å². The van der Waals surface area contributed by atoms with Crippen molar-refractivity contribution in [2.24, 2.45) is 0 Å². The smallest absolute Gasteiger partial charge is 0.228 e. The zero-order valence-electron chi connectivity index (χ0n) is 17.6. The van der Waals surface area contributed by atoms with Crippen molar-refractivity contribution in [3.63, 3.8) is 0 Å². The number of hydrogen-bond acceptors (Lipinski definition) is 3. The number of nitrogens with one attached hydrogen (secondary N) is 3. The largest absolute Gasteiger partial charge is 0.497 e. The number of thiocarbonyl (C=S) groups is 1. The number of anilines is 1. The number of carbonyl (C=O) groups is 1. The van der Waals surface area contributed by atoms with Gasteiger partial charge < -0.3 is 20.7 Å². The van der Waals surface area contributed by atoms with Gasteiger partial charge in [-0.1, -0.05) is 89.4 Å². The second kappa shape index (κ2) is 11.6.